The first-order valence-electron chi connectivity index (χ1n) is 11.2. The minimum atomic E-state index is -3.61. The lowest BCUT2D eigenvalue weighted by Gasteiger charge is -2.26. The number of carbonyl (C=O) groups is 1. The maximum atomic E-state index is 12.5. The van der Waals surface area contributed by atoms with Crippen LogP contribution in [0.25, 0.3) is 11.0 Å². The Hall–Kier alpha value is -2.92. The van der Waals surface area contributed by atoms with Crippen molar-refractivity contribution >= 4 is 32.6 Å². The largest absolute Gasteiger partial charge is 0.497 e. The van der Waals surface area contributed by atoms with Crippen molar-refractivity contribution in [2.45, 2.75) is 17.7 Å². The van der Waals surface area contributed by atoms with Gasteiger partial charge in [0.1, 0.15) is 11.3 Å². The quantitative estimate of drug-likeness (QED) is 0.423. The number of furan rings is 1. The fourth-order valence-corrected chi connectivity index (χ4v) is 4.91. The normalized spacial score (nSPS) is 14.9. The van der Waals surface area contributed by atoms with Gasteiger partial charge in [-0.25, -0.2) is 13.1 Å². The van der Waals surface area contributed by atoms with Crippen LogP contribution in [0.5, 0.6) is 5.75 Å². The molecule has 0 aliphatic carbocycles. The topological polar surface area (TPSA) is 110 Å². The second-order valence-corrected chi connectivity index (χ2v) is 9.84. The molecule has 2 aromatic carbocycles. The van der Waals surface area contributed by atoms with E-state index in [2.05, 4.69) is 14.9 Å². The number of methoxy groups -OCH3 is 1. The van der Waals surface area contributed by atoms with E-state index in [1.54, 1.807) is 31.6 Å². The van der Waals surface area contributed by atoms with Gasteiger partial charge in [-0.05, 0) is 49.4 Å². The number of morpholine rings is 1. The molecule has 4 rings (SSSR count). The van der Waals surface area contributed by atoms with Gasteiger partial charge in [0.05, 0.1) is 37.9 Å². The molecule has 1 amide bonds. The standard InChI is InChI=1S/C24H29N3O6S/c1-31-20-5-8-22-18(17-33-23(22)16-20)15-24(28)26-19-3-6-21(7-4-19)34(29,30)25-9-2-10-27-11-13-32-14-12-27/h3-8,16-17,25H,2,9-15H2,1H3,(H,26,28). The minimum absolute atomic E-state index is 0.129. The highest BCUT2D eigenvalue weighted by Crippen LogP contribution is 2.26. The molecule has 0 saturated carbocycles. The van der Waals surface area contributed by atoms with Crippen LogP contribution in [0, 0.1) is 0 Å². The van der Waals surface area contributed by atoms with Gasteiger partial charge in [0.25, 0.3) is 0 Å². The Morgan fingerprint density at radius 3 is 2.62 bits per heavy atom. The molecule has 9 nitrogen and oxygen atoms in total. The van der Waals surface area contributed by atoms with Gasteiger partial charge in [0.2, 0.25) is 15.9 Å². The third-order valence-corrected chi connectivity index (χ3v) is 7.19. The molecule has 3 aromatic rings. The molecule has 1 aromatic heterocycles. The first kappa shape index (κ1) is 24.2. The van der Waals surface area contributed by atoms with Crippen LogP contribution in [0.2, 0.25) is 0 Å². The van der Waals surface area contributed by atoms with Crippen LogP contribution < -0.4 is 14.8 Å². The monoisotopic (exact) mass is 487 g/mol. The summed E-state index contributed by atoms with van der Waals surface area (Å²) in [6.07, 6.45) is 2.41. The summed E-state index contributed by atoms with van der Waals surface area (Å²) < 4.78 is 43.8. The maximum absolute atomic E-state index is 12.5. The van der Waals surface area contributed by atoms with Crippen LogP contribution in [0.15, 0.2) is 58.0 Å². The van der Waals surface area contributed by atoms with Gasteiger partial charge in [-0.15, -0.1) is 0 Å². The fraction of sp³-hybridized carbons (Fsp3) is 0.375. The molecule has 0 atom stereocenters. The van der Waals surface area contributed by atoms with E-state index in [4.69, 9.17) is 13.9 Å². The van der Waals surface area contributed by atoms with Crippen molar-refractivity contribution in [3.63, 3.8) is 0 Å². The highest BCUT2D eigenvalue weighted by molar-refractivity contribution is 7.89. The van der Waals surface area contributed by atoms with Crippen molar-refractivity contribution in [3.8, 4) is 5.75 Å². The summed E-state index contributed by atoms with van der Waals surface area (Å²) in [5.41, 5.74) is 1.93. The van der Waals surface area contributed by atoms with Crippen LogP contribution >= 0.6 is 0 Å². The summed E-state index contributed by atoms with van der Waals surface area (Å²) in [5, 5.41) is 3.64. The summed E-state index contributed by atoms with van der Waals surface area (Å²) in [6, 6.07) is 11.6. The second kappa shape index (κ2) is 11.0. The van der Waals surface area contributed by atoms with Crippen LogP contribution in [-0.4, -0.2) is 65.7 Å². The Kier molecular flexibility index (Phi) is 7.84. The zero-order chi connectivity index (χ0) is 24.0. The lowest BCUT2D eigenvalue weighted by molar-refractivity contribution is -0.115. The molecular weight excluding hydrogens is 458 g/mol. The number of amides is 1. The van der Waals surface area contributed by atoms with Crippen LogP contribution in [0.1, 0.15) is 12.0 Å². The second-order valence-electron chi connectivity index (χ2n) is 8.08. The van der Waals surface area contributed by atoms with Crippen molar-refractivity contribution in [2.75, 3.05) is 51.8 Å². The molecule has 1 aliphatic rings. The summed E-state index contributed by atoms with van der Waals surface area (Å²) >= 11 is 0. The Bertz CT molecular complexity index is 1220. The van der Waals surface area contributed by atoms with Gasteiger partial charge in [-0.2, -0.15) is 0 Å². The number of sulfonamides is 1. The van der Waals surface area contributed by atoms with Crippen LogP contribution in [0.3, 0.4) is 0 Å². The van der Waals surface area contributed by atoms with Gasteiger partial charge in [0, 0.05) is 42.3 Å². The smallest absolute Gasteiger partial charge is 0.240 e. The van der Waals surface area contributed by atoms with E-state index in [1.807, 2.05) is 12.1 Å². The highest BCUT2D eigenvalue weighted by Gasteiger charge is 2.16. The summed E-state index contributed by atoms with van der Waals surface area (Å²) in [5.74, 6) is 0.454. The van der Waals surface area contributed by atoms with E-state index in [9.17, 15) is 13.2 Å². The lowest BCUT2D eigenvalue weighted by atomic mass is 10.1. The number of ether oxygens (including phenoxy) is 2. The Balaban J connectivity index is 1.28. The van der Waals surface area contributed by atoms with E-state index in [-0.39, 0.29) is 17.2 Å². The molecule has 34 heavy (non-hydrogen) atoms. The number of fused-ring (bicyclic) bond motifs is 1. The third kappa shape index (κ3) is 6.15. The van der Waals surface area contributed by atoms with Crippen molar-refractivity contribution < 1.29 is 27.1 Å². The van der Waals surface area contributed by atoms with E-state index >= 15 is 0 Å². The van der Waals surface area contributed by atoms with Gasteiger partial charge < -0.3 is 19.2 Å². The molecule has 2 heterocycles. The highest BCUT2D eigenvalue weighted by atomic mass is 32.2. The first-order valence-corrected chi connectivity index (χ1v) is 12.7. The molecule has 1 aliphatic heterocycles. The van der Waals surface area contributed by atoms with E-state index in [1.165, 1.54) is 12.1 Å². The number of anilines is 1. The summed E-state index contributed by atoms with van der Waals surface area (Å²) in [7, 11) is -2.03. The predicted octanol–water partition coefficient (Wildman–Crippen LogP) is 2.62. The van der Waals surface area contributed by atoms with Crippen molar-refractivity contribution in [1.82, 2.24) is 9.62 Å². The van der Waals surface area contributed by atoms with Crippen molar-refractivity contribution in [3.05, 3.63) is 54.3 Å². The van der Waals surface area contributed by atoms with Crippen LogP contribution in [-0.2, 0) is 26.0 Å². The van der Waals surface area contributed by atoms with Gasteiger partial charge in [-0.1, -0.05) is 0 Å². The Morgan fingerprint density at radius 2 is 1.88 bits per heavy atom. The number of carbonyl (C=O) groups excluding carboxylic acids is 1. The number of rotatable bonds is 10. The average molecular weight is 488 g/mol. The molecular formula is C24H29N3O6S. The Morgan fingerprint density at radius 1 is 1.12 bits per heavy atom. The molecule has 2 N–H and O–H groups in total. The SMILES string of the molecule is COc1ccc2c(CC(=O)Nc3ccc(S(=O)(=O)NCCCN4CCOCC4)cc3)coc2c1. The summed E-state index contributed by atoms with van der Waals surface area (Å²) in [6.45, 7) is 4.40. The van der Waals surface area contributed by atoms with E-state index in [0.717, 1.165) is 50.2 Å². The molecule has 182 valence electrons. The third-order valence-electron chi connectivity index (χ3n) is 5.71. The van der Waals surface area contributed by atoms with Gasteiger partial charge >= 0.3 is 0 Å². The van der Waals surface area contributed by atoms with Crippen LogP contribution in [0.4, 0.5) is 5.69 Å². The summed E-state index contributed by atoms with van der Waals surface area (Å²) in [4.78, 5) is 14.9. The number of hydrogen-bond acceptors (Lipinski definition) is 7. The molecule has 0 unspecified atom stereocenters. The van der Waals surface area contributed by atoms with Crippen molar-refractivity contribution in [1.29, 1.82) is 0 Å². The molecule has 1 fully saturated rings. The molecule has 1 saturated heterocycles. The average Bonchev–Trinajstić information content (AvgIpc) is 3.24. The fourth-order valence-electron chi connectivity index (χ4n) is 3.84. The van der Waals surface area contributed by atoms with E-state index < -0.39 is 10.0 Å². The van der Waals surface area contributed by atoms with E-state index in [0.29, 0.717) is 23.6 Å². The first-order chi connectivity index (χ1) is 16.4. The Labute approximate surface area is 199 Å². The lowest BCUT2D eigenvalue weighted by Crippen LogP contribution is -2.38. The molecule has 0 spiro atoms. The zero-order valence-corrected chi connectivity index (χ0v) is 19.9. The minimum Gasteiger partial charge on any atom is -0.497 e. The molecule has 0 radical (unpaired) electrons. The number of benzene rings is 2. The molecule has 0 bridgehead atoms. The maximum Gasteiger partial charge on any atom is 0.240 e. The predicted molar refractivity (Wildman–Crippen MR) is 129 cm³/mol. The number of nitrogens with zero attached hydrogens (tertiary/aromatic N) is 1. The zero-order valence-electron chi connectivity index (χ0n) is 19.1. The number of nitrogens with one attached hydrogen (secondary N) is 2. The van der Waals surface area contributed by atoms with Gasteiger partial charge in [-0.3, -0.25) is 9.69 Å². The van der Waals surface area contributed by atoms with Crippen molar-refractivity contribution in [2.24, 2.45) is 0 Å². The van der Waals surface area contributed by atoms with Gasteiger partial charge in [0.15, 0.2) is 0 Å². The molecule has 10 heteroatoms. The number of hydrogen-bond donors (Lipinski definition) is 2.